The quantitative estimate of drug-likeness (QED) is 0.602. The van der Waals surface area contributed by atoms with Crippen LogP contribution in [0.5, 0.6) is 0 Å². The van der Waals surface area contributed by atoms with Gasteiger partial charge in [0.25, 0.3) is 0 Å². The molecule has 16 heavy (non-hydrogen) atoms. The summed E-state index contributed by atoms with van der Waals surface area (Å²) in [5.74, 6) is -0.433. The van der Waals surface area contributed by atoms with E-state index in [1.54, 1.807) is 0 Å². The molecule has 0 heterocycles. The molecule has 0 bridgehead atoms. The minimum atomic E-state index is -4.53. The lowest BCUT2D eigenvalue weighted by atomic mass is 9.76. The predicted octanol–water partition coefficient (Wildman–Crippen LogP) is 4.86. The second kappa shape index (κ2) is 5.19. The fourth-order valence-corrected chi connectivity index (χ4v) is 2.34. The van der Waals surface area contributed by atoms with Crippen LogP contribution in [0.4, 0.5) is 17.6 Å². The normalized spacial score (nSPS) is 28.6. The summed E-state index contributed by atoms with van der Waals surface area (Å²) >= 11 is 0. The Labute approximate surface area is 93.7 Å². The Balaban J connectivity index is 2.51. The van der Waals surface area contributed by atoms with Crippen molar-refractivity contribution in [2.45, 2.75) is 45.7 Å². The van der Waals surface area contributed by atoms with Crippen molar-refractivity contribution in [3.63, 3.8) is 0 Å². The zero-order valence-corrected chi connectivity index (χ0v) is 9.65. The maximum absolute atomic E-state index is 13.3. The third-order valence-corrected chi connectivity index (χ3v) is 3.41. The van der Waals surface area contributed by atoms with E-state index < -0.39 is 17.9 Å². The summed E-state index contributed by atoms with van der Waals surface area (Å²) in [4.78, 5) is 0. The van der Waals surface area contributed by atoms with Gasteiger partial charge >= 0.3 is 6.18 Å². The molecule has 0 atom stereocenters. The molecule has 0 aromatic heterocycles. The molecule has 0 nitrogen and oxygen atoms in total. The highest BCUT2D eigenvalue weighted by Crippen LogP contribution is 2.38. The predicted molar refractivity (Wildman–Crippen MR) is 55.5 cm³/mol. The van der Waals surface area contributed by atoms with E-state index >= 15 is 0 Å². The summed E-state index contributed by atoms with van der Waals surface area (Å²) in [5, 5.41) is 0. The summed E-state index contributed by atoms with van der Waals surface area (Å²) in [6.07, 6.45) is -1.96. The van der Waals surface area contributed by atoms with Crippen LogP contribution in [-0.4, -0.2) is 6.18 Å². The molecule has 1 aliphatic rings. The van der Waals surface area contributed by atoms with Crippen LogP contribution in [0.25, 0.3) is 0 Å². The minimum absolute atomic E-state index is 0.187. The van der Waals surface area contributed by atoms with Crippen LogP contribution in [0, 0.1) is 17.8 Å². The van der Waals surface area contributed by atoms with E-state index in [4.69, 9.17) is 0 Å². The van der Waals surface area contributed by atoms with Gasteiger partial charge in [0.05, 0.1) is 6.08 Å². The third-order valence-electron chi connectivity index (χ3n) is 3.41. The first-order valence-corrected chi connectivity index (χ1v) is 5.74. The van der Waals surface area contributed by atoms with Gasteiger partial charge in [-0.05, 0) is 37.5 Å². The molecule has 1 aliphatic carbocycles. The van der Waals surface area contributed by atoms with E-state index in [1.807, 2.05) is 0 Å². The lowest BCUT2D eigenvalue weighted by Gasteiger charge is -2.30. The van der Waals surface area contributed by atoms with Crippen LogP contribution < -0.4 is 0 Å². The Kier molecular flexibility index (Phi) is 4.39. The summed E-state index contributed by atoms with van der Waals surface area (Å²) in [7, 11) is 0. The van der Waals surface area contributed by atoms with E-state index in [0.717, 1.165) is 12.8 Å². The first kappa shape index (κ1) is 13.5. The number of alkyl halides is 3. The van der Waals surface area contributed by atoms with E-state index in [1.165, 1.54) is 0 Å². The first-order valence-electron chi connectivity index (χ1n) is 5.74. The van der Waals surface area contributed by atoms with Gasteiger partial charge in [-0.15, -0.1) is 0 Å². The highest BCUT2D eigenvalue weighted by molar-refractivity contribution is 5.03. The third kappa shape index (κ3) is 4.14. The minimum Gasteiger partial charge on any atom is -0.212 e. The fraction of sp³-hybridized carbons (Fsp3) is 0.833. The highest BCUT2D eigenvalue weighted by Gasteiger charge is 2.30. The number of hydrogen-bond acceptors (Lipinski definition) is 0. The number of allylic oxidation sites excluding steroid dienone is 2. The van der Waals surface area contributed by atoms with E-state index in [0.29, 0.717) is 24.7 Å². The Morgan fingerprint density at radius 3 is 2.00 bits per heavy atom. The zero-order chi connectivity index (χ0) is 12.3. The molecule has 0 aromatic carbocycles. The molecule has 0 saturated heterocycles. The largest absolute Gasteiger partial charge is 0.412 e. The first-order chi connectivity index (χ1) is 7.29. The smallest absolute Gasteiger partial charge is 0.212 e. The summed E-state index contributed by atoms with van der Waals surface area (Å²) in [5.41, 5.74) is 0. The van der Waals surface area contributed by atoms with Gasteiger partial charge in [0.1, 0.15) is 5.83 Å². The molecule has 4 heteroatoms. The molecule has 0 spiro atoms. The van der Waals surface area contributed by atoms with Gasteiger partial charge in [0, 0.05) is 5.92 Å². The van der Waals surface area contributed by atoms with E-state index in [2.05, 4.69) is 13.8 Å². The number of rotatable bonds is 2. The summed E-state index contributed by atoms with van der Waals surface area (Å²) < 4.78 is 49.1. The van der Waals surface area contributed by atoms with Crippen molar-refractivity contribution in [1.82, 2.24) is 0 Å². The maximum atomic E-state index is 13.3. The van der Waals surface area contributed by atoms with Crippen LogP contribution in [0.3, 0.4) is 0 Å². The van der Waals surface area contributed by atoms with Crippen molar-refractivity contribution in [3.8, 4) is 0 Å². The lowest BCUT2D eigenvalue weighted by Crippen LogP contribution is -2.19. The number of halogens is 4. The van der Waals surface area contributed by atoms with E-state index in [-0.39, 0.29) is 6.08 Å². The maximum Gasteiger partial charge on any atom is 0.412 e. The van der Waals surface area contributed by atoms with Crippen molar-refractivity contribution in [2.24, 2.45) is 17.8 Å². The lowest BCUT2D eigenvalue weighted by molar-refractivity contribution is -0.0821. The van der Waals surface area contributed by atoms with Gasteiger partial charge in [-0.25, -0.2) is 4.39 Å². The fourth-order valence-electron chi connectivity index (χ4n) is 2.34. The Hall–Kier alpha value is -0.540. The Bertz CT molecular complexity index is 244. The highest BCUT2D eigenvalue weighted by atomic mass is 19.4. The van der Waals surface area contributed by atoms with Crippen LogP contribution in [0.15, 0.2) is 11.9 Å². The Morgan fingerprint density at radius 1 is 1.12 bits per heavy atom. The van der Waals surface area contributed by atoms with Gasteiger partial charge in [-0.1, -0.05) is 13.8 Å². The molecule has 1 fully saturated rings. The van der Waals surface area contributed by atoms with Crippen molar-refractivity contribution in [1.29, 1.82) is 0 Å². The van der Waals surface area contributed by atoms with Crippen LogP contribution in [0.1, 0.15) is 39.5 Å². The van der Waals surface area contributed by atoms with Gasteiger partial charge in [0.2, 0.25) is 0 Å². The van der Waals surface area contributed by atoms with Gasteiger partial charge in [-0.3, -0.25) is 0 Å². The van der Waals surface area contributed by atoms with Crippen LogP contribution in [0.2, 0.25) is 0 Å². The SMILES string of the molecule is CC(C)C1CCC(/C(F)=C/C(F)(F)F)CC1. The molecule has 1 saturated carbocycles. The van der Waals surface area contributed by atoms with Gasteiger partial charge in [-0.2, -0.15) is 13.2 Å². The van der Waals surface area contributed by atoms with Crippen molar-refractivity contribution in [2.75, 3.05) is 0 Å². The number of hydrogen-bond donors (Lipinski definition) is 0. The van der Waals surface area contributed by atoms with Crippen molar-refractivity contribution < 1.29 is 17.6 Å². The zero-order valence-electron chi connectivity index (χ0n) is 9.65. The molecule has 94 valence electrons. The molecule has 0 aliphatic heterocycles. The van der Waals surface area contributed by atoms with Gasteiger partial charge < -0.3 is 0 Å². The van der Waals surface area contributed by atoms with Crippen molar-refractivity contribution >= 4 is 0 Å². The average Bonchev–Trinajstić information content (AvgIpc) is 2.15. The van der Waals surface area contributed by atoms with Gasteiger partial charge in [0.15, 0.2) is 0 Å². The summed E-state index contributed by atoms with van der Waals surface area (Å²) in [6.45, 7) is 4.21. The Morgan fingerprint density at radius 2 is 1.62 bits per heavy atom. The van der Waals surface area contributed by atoms with E-state index in [9.17, 15) is 17.6 Å². The standard InChI is InChI=1S/C12H18F4/c1-8(2)9-3-5-10(6-4-9)11(13)7-12(14,15)16/h7-10H,3-6H2,1-2H3/b11-7-. The molecule has 0 radical (unpaired) electrons. The summed E-state index contributed by atoms with van der Waals surface area (Å²) in [6, 6.07) is 0. The molecule has 0 amide bonds. The molecule has 1 rings (SSSR count). The van der Waals surface area contributed by atoms with Crippen molar-refractivity contribution in [3.05, 3.63) is 11.9 Å². The molecule has 0 N–H and O–H groups in total. The monoisotopic (exact) mass is 238 g/mol. The molecular formula is C12H18F4. The second-order valence-corrected chi connectivity index (χ2v) is 4.93. The molecule has 0 aromatic rings. The van der Waals surface area contributed by atoms with Crippen LogP contribution >= 0.6 is 0 Å². The second-order valence-electron chi connectivity index (χ2n) is 4.93. The van der Waals surface area contributed by atoms with Crippen LogP contribution in [-0.2, 0) is 0 Å². The molecule has 0 unspecified atom stereocenters. The topological polar surface area (TPSA) is 0 Å². The molecular weight excluding hydrogens is 220 g/mol. The average molecular weight is 238 g/mol.